The van der Waals surface area contributed by atoms with Gasteiger partial charge in [0.05, 0.1) is 11.1 Å². The second-order valence-corrected chi connectivity index (χ2v) is 4.29. The highest BCUT2D eigenvalue weighted by atomic mass is 35.5. The number of hydrogen-bond acceptors (Lipinski definition) is 1. The van der Waals surface area contributed by atoms with Crippen molar-refractivity contribution in [1.82, 2.24) is 5.32 Å². The van der Waals surface area contributed by atoms with Crippen LogP contribution in [0.5, 0.6) is 0 Å². The van der Waals surface area contributed by atoms with Crippen molar-refractivity contribution in [2.24, 2.45) is 5.92 Å². The smallest absolute Gasteiger partial charge is 0.207 e. The molecule has 0 heterocycles. The Kier molecular flexibility index (Phi) is 3.10. The number of benzene rings is 1. The van der Waals surface area contributed by atoms with Crippen molar-refractivity contribution < 1.29 is 13.6 Å². The SMILES string of the molecule is O=CNC(c1cc(F)c(Cl)cc1F)C1CC1. The minimum absolute atomic E-state index is 0.163. The van der Waals surface area contributed by atoms with Crippen LogP contribution < -0.4 is 5.32 Å². The van der Waals surface area contributed by atoms with Crippen LogP contribution in [0.1, 0.15) is 24.4 Å². The Labute approximate surface area is 96.6 Å². The fourth-order valence-electron chi connectivity index (χ4n) is 1.76. The maximum Gasteiger partial charge on any atom is 0.207 e. The van der Waals surface area contributed by atoms with Crippen LogP contribution in [0.4, 0.5) is 8.78 Å². The molecule has 1 aromatic rings. The summed E-state index contributed by atoms with van der Waals surface area (Å²) in [6, 6.07) is 1.54. The van der Waals surface area contributed by atoms with Crippen molar-refractivity contribution >= 4 is 18.0 Å². The Morgan fingerprint density at radius 3 is 2.62 bits per heavy atom. The van der Waals surface area contributed by atoms with E-state index in [9.17, 15) is 13.6 Å². The van der Waals surface area contributed by atoms with Gasteiger partial charge >= 0.3 is 0 Å². The molecule has 1 aliphatic rings. The monoisotopic (exact) mass is 245 g/mol. The van der Waals surface area contributed by atoms with Crippen LogP contribution in [-0.4, -0.2) is 6.41 Å². The van der Waals surface area contributed by atoms with Crippen molar-refractivity contribution in [3.63, 3.8) is 0 Å². The van der Waals surface area contributed by atoms with Crippen molar-refractivity contribution in [3.8, 4) is 0 Å². The van der Waals surface area contributed by atoms with E-state index in [1.807, 2.05) is 0 Å². The highest BCUT2D eigenvalue weighted by Gasteiger charge is 2.34. The summed E-state index contributed by atoms with van der Waals surface area (Å²) in [7, 11) is 0. The van der Waals surface area contributed by atoms with Gasteiger partial charge in [-0.15, -0.1) is 0 Å². The number of carbonyl (C=O) groups is 1. The van der Waals surface area contributed by atoms with Gasteiger partial charge < -0.3 is 5.32 Å². The second-order valence-electron chi connectivity index (χ2n) is 3.89. The molecule has 2 rings (SSSR count). The fourth-order valence-corrected chi connectivity index (χ4v) is 1.91. The number of amides is 1. The largest absolute Gasteiger partial charge is 0.351 e. The van der Waals surface area contributed by atoms with E-state index in [4.69, 9.17) is 11.6 Å². The van der Waals surface area contributed by atoms with Gasteiger partial charge in [0.2, 0.25) is 6.41 Å². The molecule has 1 amide bonds. The third-order valence-electron chi connectivity index (χ3n) is 2.72. The van der Waals surface area contributed by atoms with Gasteiger partial charge in [-0.3, -0.25) is 4.79 Å². The average molecular weight is 246 g/mol. The molecule has 0 saturated heterocycles. The summed E-state index contributed by atoms with van der Waals surface area (Å²) < 4.78 is 26.8. The molecular weight excluding hydrogens is 236 g/mol. The lowest BCUT2D eigenvalue weighted by molar-refractivity contribution is -0.110. The molecule has 1 atom stereocenters. The molecule has 0 spiro atoms. The number of hydrogen-bond donors (Lipinski definition) is 1. The van der Waals surface area contributed by atoms with Crippen molar-refractivity contribution in [1.29, 1.82) is 0 Å². The molecule has 2 nitrogen and oxygen atoms in total. The van der Waals surface area contributed by atoms with E-state index in [1.54, 1.807) is 0 Å². The van der Waals surface area contributed by atoms with Crippen LogP contribution in [0, 0.1) is 17.6 Å². The quantitative estimate of drug-likeness (QED) is 0.641. The molecule has 1 saturated carbocycles. The first-order valence-electron chi connectivity index (χ1n) is 4.97. The van der Waals surface area contributed by atoms with Gasteiger partial charge in [0, 0.05) is 5.56 Å². The highest BCUT2D eigenvalue weighted by molar-refractivity contribution is 6.30. The zero-order chi connectivity index (χ0) is 11.7. The Balaban J connectivity index is 2.36. The zero-order valence-electron chi connectivity index (χ0n) is 8.34. The Hall–Kier alpha value is -1.16. The van der Waals surface area contributed by atoms with Crippen LogP contribution in [0.2, 0.25) is 5.02 Å². The van der Waals surface area contributed by atoms with Crippen molar-refractivity contribution in [2.45, 2.75) is 18.9 Å². The van der Waals surface area contributed by atoms with E-state index in [2.05, 4.69) is 5.32 Å². The number of halogens is 3. The van der Waals surface area contributed by atoms with Gasteiger partial charge in [-0.2, -0.15) is 0 Å². The first-order valence-corrected chi connectivity index (χ1v) is 5.35. The van der Waals surface area contributed by atoms with Crippen molar-refractivity contribution in [2.75, 3.05) is 0 Å². The van der Waals surface area contributed by atoms with Gasteiger partial charge in [-0.25, -0.2) is 8.78 Å². The van der Waals surface area contributed by atoms with Crippen LogP contribution in [0.3, 0.4) is 0 Å². The maximum atomic E-state index is 13.6. The van der Waals surface area contributed by atoms with Gasteiger partial charge in [-0.1, -0.05) is 11.6 Å². The Morgan fingerprint density at radius 1 is 1.38 bits per heavy atom. The average Bonchev–Trinajstić information content (AvgIpc) is 3.04. The summed E-state index contributed by atoms with van der Waals surface area (Å²) in [4.78, 5) is 10.4. The lowest BCUT2D eigenvalue weighted by atomic mass is 10.0. The van der Waals surface area contributed by atoms with Crippen LogP contribution in [0.25, 0.3) is 0 Å². The summed E-state index contributed by atoms with van der Waals surface area (Å²) in [6.45, 7) is 0. The molecule has 5 heteroatoms. The van der Waals surface area contributed by atoms with E-state index < -0.39 is 17.7 Å². The fraction of sp³-hybridized carbons (Fsp3) is 0.364. The molecule has 0 aromatic heterocycles. The molecule has 1 unspecified atom stereocenters. The molecular formula is C11H10ClF2NO. The highest BCUT2D eigenvalue weighted by Crippen LogP contribution is 2.42. The van der Waals surface area contributed by atoms with E-state index in [-0.39, 0.29) is 16.5 Å². The van der Waals surface area contributed by atoms with E-state index in [0.717, 1.165) is 25.0 Å². The molecule has 0 radical (unpaired) electrons. The molecule has 86 valence electrons. The number of carbonyl (C=O) groups excluding carboxylic acids is 1. The summed E-state index contributed by atoms with van der Waals surface area (Å²) in [5.74, 6) is -1.06. The van der Waals surface area contributed by atoms with Crippen LogP contribution in [0.15, 0.2) is 12.1 Å². The van der Waals surface area contributed by atoms with E-state index >= 15 is 0 Å². The minimum Gasteiger partial charge on any atom is -0.351 e. The van der Waals surface area contributed by atoms with Gasteiger partial charge in [0.15, 0.2) is 0 Å². The minimum atomic E-state index is -0.670. The van der Waals surface area contributed by atoms with E-state index in [0.29, 0.717) is 6.41 Å². The number of nitrogens with one attached hydrogen (secondary N) is 1. The lowest BCUT2D eigenvalue weighted by Crippen LogP contribution is -2.22. The topological polar surface area (TPSA) is 29.1 Å². The van der Waals surface area contributed by atoms with Crippen LogP contribution >= 0.6 is 11.6 Å². The molecule has 0 bridgehead atoms. The molecule has 1 aliphatic carbocycles. The third kappa shape index (κ3) is 2.16. The number of rotatable bonds is 4. The zero-order valence-corrected chi connectivity index (χ0v) is 9.10. The van der Waals surface area contributed by atoms with Gasteiger partial charge in [0.1, 0.15) is 11.6 Å². The standard InChI is InChI=1S/C11H10ClF2NO/c12-8-4-9(13)7(3-10(8)14)11(15-5-16)6-1-2-6/h3-6,11H,1-2H2,(H,15,16). The molecule has 16 heavy (non-hydrogen) atoms. The van der Waals surface area contributed by atoms with E-state index in [1.165, 1.54) is 0 Å². The summed E-state index contributed by atoms with van der Waals surface area (Å²) in [5, 5.41) is 2.27. The van der Waals surface area contributed by atoms with Crippen molar-refractivity contribution in [3.05, 3.63) is 34.4 Å². The molecule has 1 N–H and O–H groups in total. The Morgan fingerprint density at radius 2 is 2.06 bits per heavy atom. The second kappa shape index (κ2) is 4.37. The molecule has 1 aromatic carbocycles. The normalized spacial score (nSPS) is 16.9. The van der Waals surface area contributed by atoms with Gasteiger partial charge in [-0.05, 0) is 30.9 Å². The first kappa shape index (κ1) is 11.3. The summed E-state index contributed by atoms with van der Waals surface area (Å²) >= 11 is 5.46. The molecule has 0 aliphatic heterocycles. The predicted octanol–water partition coefficient (Wildman–Crippen LogP) is 2.82. The predicted molar refractivity (Wildman–Crippen MR) is 56.0 cm³/mol. The first-order chi connectivity index (χ1) is 7.63. The molecule has 1 fully saturated rings. The summed E-state index contributed by atoms with van der Waals surface area (Å²) in [5.41, 5.74) is 0.163. The van der Waals surface area contributed by atoms with Crippen LogP contribution in [-0.2, 0) is 4.79 Å². The lowest BCUT2D eigenvalue weighted by Gasteiger charge is -2.16. The third-order valence-corrected chi connectivity index (χ3v) is 3.01. The summed E-state index contributed by atoms with van der Waals surface area (Å²) in [6.07, 6.45) is 2.33. The Bertz CT molecular complexity index is 421. The van der Waals surface area contributed by atoms with Gasteiger partial charge in [0.25, 0.3) is 0 Å². The maximum absolute atomic E-state index is 13.6.